The van der Waals surface area contributed by atoms with E-state index in [-0.39, 0.29) is 0 Å². The van der Waals surface area contributed by atoms with Crippen LogP contribution in [0.3, 0.4) is 0 Å². The van der Waals surface area contributed by atoms with Gasteiger partial charge in [-0.05, 0) is 31.5 Å². The van der Waals surface area contributed by atoms with Crippen LogP contribution in [0.15, 0.2) is 24.5 Å². The lowest BCUT2D eigenvalue weighted by Gasteiger charge is -2.24. The molecule has 2 aromatic rings. The predicted molar refractivity (Wildman–Crippen MR) is 74.4 cm³/mol. The van der Waals surface area contributed by atoms with Crippen LogP contribution >= 0.6 is 0 Å². The molecule has 96 valence electrons. The van der Waals surface area contributed by atoms with Gasteiger partial charge in [-0.25, -0.2) is 4.98 Å². The number of hydrogen-bond acceptors (Lipinski definition) is 3. The molecule has 4 heteroatoms. The fourth-order valence-corrected chi connectivity index (χ4v) is 2.68. The Labute approximate surface area is 108 Å². The predicted octanol–water partition coefficient (Wildman–Crippen LogP) is 1.87. The maximum Gasteiger partial charge on any atom is 0.152 e. The molecule has 1 fully saturated rings. The Morgan fingerprint density at radius 1 is 1.44 bits per heavy atom. The minimum atomic E-state index is 0.546. The molecule has 0 unspecified atom stereocenters. The fourth-order valence-electron chi connectivity index (χ4n) is 2.68. The van der Waals surface area contributed by atoms with Crippen LogP contribution in [0.2, 0.25) is 0 Å². The van der Waals surface area contributed by atoms with Gasteiger partial charge in [-0.1, -0.05) is 0 Å². The highest BCUT2D eigenvalue weighted by Crippen LogP contribution is 2.26. The number of rotatable bonds is 2. The van der Waals surface area contributed by atoms with Gasteiger partial charge in [-0.15, -0.1) is 0 Å². The molecule has 4 nitrogen and oxygen atoms in total. The molecule has 0 bridgehead atoms. The number of nitrogens with zero attached hydrogens (tertiary/aromatic N) is 3. The van der Waals surface area contributed by atoms with Crippen LogP contribution in [-0.2, 0) is 0 Å². The highest BCUT2D eigenvalue weighted by Gasteiger charge is 2.18. The molecule has 3 heterocycles. The summed E-state index contributed by atoms with van der Waals surface area (Å²) in [6.07, 6.45) is 6.76. The zero-order valence-electron chi connectivity index (χ0n) is 11.1. The van der Waals surface area contributed by atoms with Gasteiger partial charge in [-0.3, -0.25) is 0 Å². The summed E-state index contributed by atoms with van der Waals surface area (Å²) in [4.78, 5) is 6.95. The van der Waals surface area contributed by atoms with Gasteiger partial charge in [-0.2, -0.15) is 0 Å². The molecule has 18 heavy (non-hydrogen) atoms. The van der Waals surface area contributed by atoms with Gasteiger partial charge in [0.2, 0.25) is 0 Å². The van der Waals surface area contributed by atoms with Gasteiger partial charge in [0.25, 0.3) is 0 Å². The van der Waals surface area contributed by atoms with Crippen molar-refractivity contribution in [3.63, 3.8) is 0 Å². The second-order valence-electron chi connectivity index (χ2n) is 5.23. The van der Waals surface area contributed by atoms with Crippen LogP contribution in [0.4, 0.5) is 5.82 Å². The summed E-state index contributed by atoms with van der Waals surface area (Å²) in [5.41, 5.74) is 2.38. The van der Waals surface area contributed by atoms with Gasteiger partial charge in [0, 0.05) is 39.0 Å². The van der Waals surface area contributed by atoms with Crippen LogP contribution in [0.1, 0.15) is 24.5 Å². The van der Waals surface area contributed by atoms with Gasteiger partial charge >= 0.3 is 0 Å². The van der Waals surface area contributed by atoms with Crippen molar-refractivity contribution in [1.29, 1.82) is 0 Å². The molecule has 0 radical (unpaired) electrons. The third kappa shape index (κ3) is 1.97. The normalized spacial score (nSPS) is 20.2. The fraction of sp³-hybridized carbons (Fsp3) is 0.500. The minimum Gasteiger partial charge on any atom is -0.361 e. The Kier molecular flexibility index (Phi) is 2.96. The Bertz CT molecular complexity index is 538. The van der Waals surface area contributed by atoms with E-state index in [1.165, 1.54) is 24.1 Å². The number of anilines is 1. The monoisotopic (exact) mass is 244 g/mol. The standard InChI is InChI=1S/C14H20N4/c1-17(2)14-13-6-4-8-18(13)10-12(16-14)11-5-3-7-15-9-11/h4,6,8,10-11,15H,3,5,7,9H2,1-2H3/t11-/m0/s1. The summed E-state index contributed by atoms with van der Waals surface area (Å²) in [6.45, 7) is 2.19. The summed E-state index contributed by atoms with van der Waals surface area (Å²) in [5.74, 6) is 1.60. The molecule has 0 aliphatic carbocycles. The zero-order valence-corrected chi connectivity index (χ0v) is 11.1. The van der Waals surface area contributed by atoms with E-state index in [1.807, 2.05) is 0 Å². The lowest BCUT2D eigenvalue weighted by molar-refractivity contribution is 0.453. The average molecular weight is 244 g/mol. The van der Waals surface area contributed by atoms with Crippen molar-refractivity contribution in [1.82, 2.24) is 14.7 Å². The van der Waals surface area contributed by atoms with Gasteiger partial charge in [0.15, 0.2) is 5.82 Å². The maximum absolute atomic E-state index is 4.86. The van der Waals surface area contributed by atoms with Crippen LogP contribution in [0.25, 0.3) is 5.52 Å². The molecular weight excluding hydrogens is 224 g/mol. The number of fused-ring (bicyclic) bond motifs is 1. The molecule has 1 saturated heterocycles. The summed E-state index contributed by atoms with van der Waals surface area (Å²) in [6, 6.07) is 4.19. The Morgan fingerprint density at radius 3 is 3.06 bits per heavy atom. The first-order valence-electron chi connectivity index (χ1n) is 6.61. The molecule has 0 aromatic carbocycles. The number of hydrogen-bond donors (Lipinski definition) is 1. The summed E-state index contributed by atoms with van der Waals surface area (Å²) in [7, 11) is 4.11. The van der Waals surface area contributed by atoms with Gasteiger partial charge < -0.3 is 14.6 Å². The first kappa shape index (κ1) is 11.5. The van der Waals surface area contributed by atoms with Crippen molar-refractivity contribution in [2.45, 2.75) is 18.8 Å². The maximum atomic E-state index is 4.86. The quantitative estimate of drug-likeness (QED) is 0.875. The van der Waals surface area contributed by atoms with Gasteiger partial charge in [0.05, 0.1) is 11.2 Å². The van der Waals surface area contributed by atoms with Crippen molar-refractivity contribution in [2.24, 2.45) is 0 Å². The largest absolute Gasteiger partial charge is 0.361 e. The highest BCUT2D eigenvalue weighted by atomic mass is 15.2. The highest BCUT2D eigenvalue weighted by molar-refractivity contribution is 5.69. The number of aromatic nitrogens is 2. The topological polar surface area (TPSA) is 32.6 Å². The van der Waals surface area contributed by atoms with E-state index in [0.29, 0.717) is 5.92 Å². The second-order valence-corrected chi connectivity index (χ2v) is 5.23. The molecule has 1 aliphatic rings. The van der Waals surface area contributed by atoms with Crippen LogP contribution in [-0.4, -0.2) is 36.6 Å². The van der Waals surface area contributed by atoms with Crippen molar-refractivity contribution in [2.75, 3.05) is 32.1 Å². The van der Waals surface area contributed by atoms with E-state index in [2.05, 4.69) is 53.2 Å². The number of nitrogens with one attached hydrogen (secondary N) is 1. The molecule has 1 aliphatic heterocycles. The molecule has 0 amide bonds. The molecular formula is C14H20N4. The zero-order chi connectivity index (χ0) is 12.5. The van der Waals surface area contributed by atoms with Crippen molar-refractivity contribution < 1.29 is 0 Å². The van der Waals surface area contributed by atoms with E-state index in [4.69, 9.17) is 4.98 Å². The second kappa shape index (κ2) is 4.61. The smallest absolute Gasteiger partial charge is 0.152 e. The van der Waals surface area contributed by atoms with E-state index in [0.717, 1.165) is 18.9 Å². The lowest BCUT2D eigenvalue weighted by Crippen LogP contribution is -2.29. The Hall–Kier alpha value is -1.55. The lowest BCUT2D eigenvalue weighted by atomic mass is 9.96. The summed E-state index contributed by atoms with van der Waals surface area (Å²) >= 11 is 0. The first-order chi connectivity index (χ1) is 8.75. The molecule has 1 N–H and O–H groups in total. The molecule has 2 aromatic heterocycles. The third-order valence-corrected chi connectivity index (χ3v) is 3.65. The Balaban J connectivity index is 2.06. The first-order valence-corrected chi connectivity index (χ1v) is 6.61. The van der Waals surface area contributed by atoms with Crippen LogP contribution < -0.4 is 10.2 Å². The molecule has 0 spiro atoms. The molecule has 1 atom stereocenters. The molecule has 0 saturated carbocycles. The van der Waals surface area contributed by atoms with Crippen LogP contribution in [0, 0.1) is 0 Å². The average Bonchev–Trinajstić information content (AvgIpc) is 2.86. The van der Waals surface area contributed by atoms with E-state index in [9.17, 15) is 0 Å². The third-order valence-electron chi connectivity index (χ3n) is 3.65. The Morgan fingerprint density at radius 2 is 2.33 bits per heavy atom. The molecule has 3 rings (SSSR count). The minimum absolute atomic E-state index is 0.546. The SMILES string of the molecule is CN(C)c1nc([C@H]2CCCNC2)cn2cccc12. The number of piperidine rings is 1. The van der Waals surface area contributed by atoms with Crippen molar-refractivity contribution in [3.05, 3.63) is 30.2 Å². The van der Waals surface area contributed by atoms with Crippen molar-refractivity contribution >= 4 is 11.3 Å². The van der Waals surface area contributed by atoms with E-state index in [1.54, 1.807) is 0 Å². The summed E-state index contributed by atoms with van der Waals surface area (Å²) in [5, 5.41) is 3.46. The van der Waals surface area contributed by atoms with Gasteiger partial charge in [0.1, 0.15) is 0 Å². The van der Waals surface area contributed by atoms with Crippen LogP contribution in [0.5, 0.6) is 0 Å². The van der Waals surface area contributed by atoms with E-state index >= 15 is 0 Å². The van der Waals surface area contributed by atoms with E-state index < -0.39 is 0 Å². The van der Waals surface area contributed by atoms with Crippen molar-refractivity contribution in [3.8, 4) is 0 Å². The summed E-state index contributed by atoms with van der Waals surface area (Å²) < 4.78 is 2.19.